The van der Waals surface area contributed by atoms with Crippen LogP contribution in [0.15, 0.2) is 48.5 Å². The molecule has 0 bridgehead atoms. The monoisotopic (exact) mass is 408 g/mol. The summed E-state index contributed by atoms with van der Waals surface area (Å²) in [4.78, 5) is 26.5. The molecule has 0 heterocycles. The van der Waals surface area contributed by atoms with Crippen LogP contribution in [-0.4, -0.2) is 11.6 Å². The van der Waals surface area contributed by atoms with Crippen LogP contribution in [-0.2, 0) is 19.3 Å². The minimum absolute atomic E-state index is 0.0388. The number of rotatable bonds is 5. The number of benzene rings is 3. The minimum Gasteiger partial charge on any atom is -0.289 e. The Morgan fingerprint density at radius 1 is 0.677 bits per heavy atom. The van der Waals surface area contributed by atoms with Crippen molar-refractivity contribution in [2.75, 3.05) is 0 Å². The van der Waals surface area contributed by atoms with Gasteiger partial charge in [-0.15, -0.1) is 0 Å². The largest absolute Gasteiger partial charge is 0.289 e. The molecule has 0 fully saturated rings. The Morgan fingerprint density at radius 2 is 1.32 bits per heavy atom. The highest BCUT2D eigenvalue weighted by molar-refractivity contribution is 6.17. The number of ketones is 2. The molecule has 5 rings (SSSR count). The molecule has 31 heavy (non-hydrogen) atoms. The molecule has 2 heteroatoms. The maximum atomic E-state index is 13.4. The zero-order chi connectivity index (χ0) is 21.5. The Balaban J connectivity index is 1.50. The van der Waals surface area contributed by atoms with Crippen LogP contribution in [0, 0.1) is 6.92 Å². The minimum atomic E-state index is 0.0388. The summed E-state index contributed by atoms with van der Waals surface area (Å²) >= 11 is 0. The van der Waals surface area contributed by atoms with Crippen molar-refractivity contribution in [1.82, 2.24) is 0 Å². The molecule has 0 aliphatic heterocycles. The predicted octanol–water partition coefficient (Wildman–Crippen LogP) is 6.39. The SMILES string of the molecule is CCCCCCc1cc2c(cc1C)C(=O)c1cc3c(cc1C2)Cc1ccccc1C3=O. The van der Waals surface area contributed by atoms with Gasteiger partial charge in [-0.2, -0.15) is 0 Å². The van der Waals surface area contributed by atoms with E-state index in [2.05, 4.69) is 32.0 Å². The third kappa shape index (κ3) is 3.44. The molecular weight excluding hydrogens is 380 g/mol. The van der Waals surface area contributed by atoms with Crippen molar-refractivity contribution in [2.45, 2.75) is 58.8 Å². The number of aryl methyl sites for hydroxylation is 2. The highest BCUT2D eigenvalue weighted by Crippen LogP contribution is 2.35. The smallest absolute Gasteiger partial charge is 0.193 e. The molecule has 3 aromatic carbocycles. The lowest BCUT2D eigenvalue weighted by Gasteiger charge is -2.25. The van der Waals surface area contributed by atoms with Gasteiger partial charge in [-0.25, -0.2) is 0 Å². The average molecular weight is 409 g/mol. The molecule has 2 nitrogen and oxygen atoms in total. The summed E-state index contributed by atoms with van der Waals surface area (Å²) < 4.78 is 0. The van der Waals surface area contributed by atoms with E-state index in [0.29, 0.717) is 11.1 Å². The maximum Gasteiger partial charge on any atom is 0.193 e. The van der Waals surface area contributed by atoms with E-state index in [-0.39, 0.29) is 11.6 Å². The molecular formula is C29H28O2. The molecule has 0 N–H and O–H groups in total. The molecule has 0 spiro atoms. The third-order valence-corrected chi connectivity index (χ3v) is 6.95. The first kappa shape index (κ1) is 19.9. The Hall–Kier alpha value is -3.00. The summed E-state index contributed by atoms with van der Waals surface area (Å²) in [5.41, 5.74) is 9.86. The zero-order valence-corrected chi connectivity index (χ0v) is 18.4. The van der Waals surface area contributed by atoms with E-state index in [9.17, 15) is 9.59 Å². The van der Waals surface area contributed by atoms with Crippen LogP contribution >= 0.6 is 0 Å². The van der Waals surface area contributed by atoms with Crippen LogP contribution in [0.5, 0.6) is 0 Å². The maximum absolute atomic E-state index is 13.4. The Kier molecular flexibility index (Phi) is 5.09. The summed E-state index contributed by atoms with van der Waals surface area (Å²) in [7, 11) is 0. The van der Waals surface area contributed by atoms with Gasteiger partial charge in [-0.3, -0.25) is 9.59 Å². The van der Waals surface area contributed by atoms with Crippen LogP contribution in [0.3, 0.4) is 0 Å². The zero-order valence-electron chi connectivity index (χ0n) is 18.4. The second kappa shape index (κ2) is 7.92. The summed E-state index contributed by atoms with van der Waals surface area (Å²) in [6.07, 6.45) is 7.58. The van der Waals surface area contributed by atoms with Gasteiger partial charge in [0.15, 0.2) is 11.6 Å². The van der Waals surface area contributed by atoms with Crippen LogP contribution < -0.4 is 0 Å². The summed E-state index contributed by atoms with van der Waals surface area (Å²) in [5.74, 6) is 0.100. The van der Waals surface area contributed by atoms with Crippen molar-refractivity contribution >= 4 is 11.6 Å². The van der Waals surface area contributed by atoms with Crippen molar-refractivity contribution in [3.05, 3.63) is 104 Å². The lowest BCUT2D eigenvalue weighted by Crippen LogP contribution is -2.21. The van der Waals surface area contributed by atoms with Crippen molar-refractivity contribution < 1.29 is 9.59 Å². The fourth-order valence-corrected chi connectivity index (χ4v) is 5.18. The fourth-order valence-electron chi connectivity index (χ4n) is 5.18. The summed E-state index contributed by atoms with van der Waals surface area (Å²) in [6, 6.07) is 16.1. The molecule has 0 unspecified atom stereocenters. The van der Waals surface area contributed by atoms with Gasteiger partial charge < -0.3 is 0 Å². The van der Waals surface area contributed by atoms with E-state index in [1.807, 2.05) is 30.3 Å². The van der Waals surface area contributed by atoms with E-state index in [1.54, 1.807) is 0 Å². The van der Waals surface area contributed by atoms with Gasteiger partial charge in [0, 0.05) is 22.3 Å². The van der Waals surface area contributed by atoms with Gasteiger partial charge in [0.25, 0.3) is 0 Å². The first-order chi connectivity index (χ1) is 15.1. The van der Waals surface area contributed by atoms with Crippen molar-refractivity contribution in [3.63, 3.8) is 0 Å². The number of hydrogen-bond donors (Lipinski definition) is 0. The van der Waals surface area contributed by atoms with E-state index in [4.69, 9.17) is 0 Å². The second-order valence-electron chi connectivity index (χ2n) is 9.08. The third-order valence-electron chi connectivity index (χ3n) is 6.95. The summed E-state index contributed by atoms with van der Waals surface area (Å²) in [5, 5.41) is 0. The molecule has 0 amide bonds. The number of unbranched alkanes of at least 4 members (excludes halogenated alkanes) is 3. The highest BCUT2D eigenvalue weighted by Gasteiger charge is 2.29. The molecule has 156 valence electrons. The quantitative estimate of drug-likeness (QED) is 0.316. The van der Waals surface area contributed by atoms with Gasteiger partial charge in [0.05, 0.1) is 0 Å². The van der Waals surface area contributed by atoms with Crippen LogP contribution in [0.4, 0.5) is 0 Å². The second-order valence-corrected chi connectivity index (χ2v) is 9.08. The number of hydrogen-bond acceptors (Lipinski definition) is 2. The van der Waals surface area contributed by atoms with Crippen LogP contribution in [0.25, 0.3) is 0 Å². The summed E-state index contributed by atoms with van der Waals surface area (Å²) in [6.45, 7) is 4.35. The van der Waals surface area contributed by atoms with Gasteiger partial charge >= 0.3 is 0 Å². The number of fused-ring (bicyclic) bond motifs is 4. The molecule has 0 aromatic heterocycles. The number of carbonyl (C=O) groups is 2. The van der Waals surface area contributed by atoms with E-state index in [1.165, 1.54) is 36.8 Å². The molecule has 0 saturated heterocycles. The van der Waals surface area contributed by atoms with Crippen molar-refractivity contribution in [3.8, 4) is 0 Å². The lowest BCUT2D eigenvalue weighted by molar-refractivity contribution is 0.103. The fraction of sp³-hybridized carbons (Fsp3) is 0.310. The topological polar surface area (TPSA) is 34.1 Å². The molecule has 0 radical (unpaired) electrons. The standard InChI is InChI=1S/C29H28O2/c1-3-4-5-6-9-19-13-21-15-23-16-22-14-20-10-7-8-11-24(20)28(30)26(22)17-27(23)29(31)25(21)12-18(19)2/h7-8,10-13,16-17H,3-6,9,14-15H2,1-2H3. The number of carbonyl (C=O) groups excluding carboxylic acids is 2. The molecule has 2 aliphatic rings. The van der Waals surface area contributed by atoms with Gasteiger partial charge in [0.2, 0.25) is 0 Å². The molecule has 0 saturated carbocycles. The van der Waals surface area contributed by atoms with Crippen LogP contribution in [0.2, 0.25) is 0 Å². The normalized spacial score (nSPS) is 14.0. The predicted molar refractivity (Wildman–Crippen MR) is 124 cm³/mol. The Labute approximate surface area is 184 Å². The van der Waals surface area contributed by atoms with Crippen molar-refractivity contribution in [1.29, 1.82) is 0 Å². The van der Waals surface area contributed by atoms with E-state index >= 15 is 0 Å². The van der Waals surface area contributed by atoms with E-state index < -0.39 is 0 Å². The average Bonchev–Trinajstić information content (AvgIpc) is 2.77. The van der Waals surface area contributed by atoms with Crippen LogP contribution in [0.1, 0.15) is 97.8 Å². The van der Waals surface area contributed by atoms with Gasteiger partial charge in [-0.1, -0.05) is 62.6 Å². The molecule has 0 atom stereocenters. The molecule has 2 aliphatic carbocycles. The Morgan fingerprint density at radius 3 is 2.10 bits per heavy atom. The van der Waals surface area contributed by atoms with Gasteiger partial charge in [0.1, 0.15) is 0 Å². The Bertz CT molecular complexity index is 1220. The van der Waals surface area contributed by atoms with Crippen molar-refractivity contribution in [2.24, 2.45) is 0 Å². The van der Waals surface area contributed by atoms with E-state index in [0.717, 1.165) is 52.6 Å². The highest BCUT2D eigenvalue weighted by atomic mass is 16.1. The molecule has 3 aromatic rings. The van der Waals surface area contributed by atoms with Gasteiger partial charge in [-0.05, 0) is 78.1 Å². The lowest BCUT2D eigenvalue weighted by atomic mass is 9.77. The first-order valence-electron chi connectivity index (χ1n) is 11.5. The first-order valence-corrected chi connectivity index (χ1v) is 11.5.